The number of carbonyl (C=O) groups is 1. The summed E-state index contributed by atoms with van der Waals surface area (Å²) in [5, 5.41) is 5.80. The molecule has 0 atom stereocenters. The Hall–Kier alpha value is -4.53. The molecule has 3 heterocycles. The topological polar surface area (TPSA) is 87.1 Å². The number of hydrogen-bond acceptors (Lipinski definition) is 5. The van der Waals surface area contributed by atoms with Crippen LogP contribution in [0.25, 0.3) is 27.5 Å². The average Bonchev–Trinajstić information content (AvgIpc) is 3.32. The monoisotopic (exact) mass is 468 g/mol. The first-order valence-corrected chi connectivity index (χ1v) is 11.3. The van der Waals surface area contributed by atoms with Crippen molar-refractivity contribution < 1.29 is 9.18 Å². The number of anilines is 1. The summed E-state index contributed by atoms with van der Waals surface area (Å²) < 4.78 is 15.0. The zero-order chi connectivity index (χ0) is 23.9. The van der Waals surface area contributed by atoms with Crippen molar-refractivity contribution in [2.75, 3.05) is 31.1 Å². The van der Waals surface area contributed by atoms with E-state index in [1.54, 1.807) is 40.0 Å². The molecule has 0 bridgehead atoms. The number of nitrogens with zero attached hydrogens (tertiary/aromatic N) is 5. The number of fused-ring (bicyclic) bond motifs is 2. The standard InChI is InChI=1S/C26H21FN6O2/c27-19-6-8-20(9-7-19)33-23-10-5-17(15-18(23)16-28-33)25(35)31-11-13-32(14-12-31)26-29-22-4-2-1-3-21(22)24(34)30-26/h1-10,15-16H,11-14H2,(H,29,30,34). The fourth-order valence-electron chi connectivity index (χ4n) is 4.48. The average molecular weight is 468 g/mol. The van der Waals surface area contributed by atoms with Gasteiger partial charge < -0.3 is 9.80 Å². The van der Waals surface area contributed by atoms with Crippen LogP contribution in [0.15, 0.2) is 77.7 Å². The summed E-state index contributed by atoms with van der Waals surface area (Å²) in [6.45, 7) is 2.17. The number of para-hydroxylation sites is 1. The number of nitrogens with one attached hydrogen (secondary N) is 1. The number of aromatic nitrogens is 4. The summed E-state index contributed by atoms with van der Waals surface area (Å²) in [5.41, 5.74) is 2.65. The molecule has 1 aliphatic heterocycles. The number of H-pyrrole nitrogens is 1. The van der Waals surface area contributed by atoms with Crippen LogP contribution in [0, 0.1) is 5.82 Å². The summed E-state index contributed by atoms with van der Waals surface area (Å²) in [4.78, 5) is 36.9. The molecule has 9 heteroatoms. The van der Waals surface area contributed by atoms with Crippen molar-refractivity contribution in [2.24, 2.45) is 0 Å². The summed E-state index contributed by atoms with van der Waals surface area (Å²) >= 11 is 0. The molecule has 1 fully saturated rings. The third-order valence-electron chi connectivity index (χ3n) is 6.35. The van der Waals surface area contributed by atoms with Gasteiger partial charge in [-0.3, -0.25) is 14.6 Å². The quantitative estimate of drug-likeness (QED) is 0.439. The third kappa shape index (κ3) is 3.80. The molecule has 1 saturated heterocycles. The fraction of sp³-hybridized carbons (Fsp3) is 0.154. The third-order valence-corrected chi connectivity index (χ3v) is 6.35. The molecule has 8 nitrogen and oxygen atoms in total. The molecule has 1 amide bonds. The predicted molar refractivity (Wildman–Crippen MR) is 132 cm³/mol. The number of aromatic amines is 1. The Kier molecular flexibility index (Phi) is 5.02. The minimum absolute atomic E-state index is 0.0546. The zero-order valence-corrected chi connectivity index (χ0v) is 18.7. The molecule has 0 aliphatic carbocycles. The van der Waals surface area contributed by atoms with Gasteiger partial charge in [-0.05, 0) is 54.6 Å². The van der Waals surface area contributed by atoms with E-state index in [1.807, 2.05) is 35.2 Å². The largest absolute Gasteiger partial charge is 0.339 e. The Bertz CT molecular complexity index is 1620. The van der Waals surface area contributed by atoms with Crippen LogP contribution in [0.1, 0.15) is 10.4 Å². The van der Waals surface area contributed by atoms with Gasteiger partial charge in [0.25, 0.3) is 11.5 Å². The van der Waals surface area contributed by atoms with Crippen LogP contribution in [0.2, 0.25) is 0 Å². The van der Waals surface area contributed by atoms with E-state index in [0.717, 1.165) is 16.6 Å². The van der Waals surface area contributed by atoms with Crippen LogP contribution in [0.5, 0.6) is 0 Å². The maximum atomic E-state index is 13.3. The van der Waals surface area contributed by atoms with Crippen molar-refractivity contribution in [1.29, 1.82) is 0 Å². The maximum absolute atomic E-state index is 13.3. The van der Waals surface area contributed by atoms with Gasteiger partial charge in [0.1, 0.15) is 5.82 Å². The molecule has 0 unspecified atom stereocenters. The molecular formula is C26H21FN6O2. The second kappa shape index (κ2) is 8.35. The van der Waals surface area contributed by atoms with E-state index in [9.17, 15) is 14.0 Å². The summed E-state index contributed by atoms with van der Waals surface area (Å²) in [7, 11) is 0. The van der Waals surface area contributed by atoms with Crippen molar-refractivity contribution >= 4 is 33.7 Å². The number of rotatable bonds is 3. The van der Waals surface area contributed by atoms with Gasteiger partial charge in [0, 0.05) is 37.1 Å². The molecule has 35 heavy (non-hydrogen) atoms. The van der Waals surface area contributed by atoms with E-state index in [4.69, 9.17) is 0 Å². The molecule has 0 spiro atoms. The lowest BCUT2D eigenvalue weighted by molar-refractivity contribution is 0.0746. The second-order valence-corrected chi connectivity index (χ2v) is 8.49. The highest BCUT2D eigenvalue weighted by Crippen LogP contribution is 2.22. The van der Waals surface area contributed by atoms with Gasteiger partial charge in [-0.2, -0.15) is 5.10 Å². The fourth-order valence-corrected chi connectivity index (χ4v) is 4.48. The Labute approximate surface area is 199 Å². The van der Waals surface area contributed by atoms with E-state index < -0.39 is 0 Å². The smallest absolute Gasteiger partial charge is 0.260 e. The van der Waals surface area contributed by atoms with Gasteiger partial charge in [0.05, 0.1) is 28.3 Å². The van der Waals surface area contributed by atoms with Crippen molar-refractivity contribution in [1.82, 2.24) is 24.6 Å². The minimum atomic E-state index is -0.305. The van der Waals surface area contributed by atoms with Crippen LogP contribution in [-0.4, -0.2) is 56.7 Å². The Morgan fingerprint density at radius 1 is 0.943 bits per heavy atom. The lowest BCUT2D eigenvalue weighted by atomic mass is 10.1. The van der Waals surface area contributed by atoms with Crippen molar-refractivity contribution in [3.8, 4) is 5.69 Å². The number of piperazine rings is 1. The van der Waals surface area contributed by atoms with E-state index in [1.165, 1.54) is 12.1 Å². The van der Waals surface area contributed by atoms with Crippen LogP contribution >= 0.6 is 0 Å². The van der Waals surface area contributed by atoms with E-state index >= 15 is 0 Å². The van der Waals surface area contributed by atoms with Gasteiger partial charge in [-0.1, -0.05) is 12.1 Å². The SMILES string of the molecule is O=C(c1ccc2c(cnn2-c2ccc(F)cc2)c1)N1CCN(c2nc3ccccc3c(=O)[nH]2)CC1. The van der Waals surface area contributed by atoms with Gasteiger partial charge >= 0.3 is 0 Å². The van der Waals surface area contributed by atoms with Gasteiger partial charge in [-0.15, -0.1) is 0 Å². The van der Waals surface area contributed by atoms with Crippen molar-refractivity contribution in [3.63, 3.8) is 0 Å². The number of benzene rings is 3. The number of halogens is 1. The zero-order valence-electron chi connectivity index (χ0n) is 18.7. The first-order chi connectivity index (χ1) is 17.1. The van der Waals surface area contributed by atoms with E-state index in [-0.39, 0.29) is 17.3 Å². The van der Waals surface area contributed by atoms with E-state index in [2.05, 4.69) is 15.1 Å². The van der Waals surface area contributed by atoms with E-state index in [0.29, 0.717) is 48.6 Å². The number of amides is 1. The predicted octanol–water partition coefficient (Wildman–Crippen LogP) is 3.36. The van der Waals surface area contributed by atoms with Crippen molar-refractivity contribution in [3.05, 3.63) is 94.7 Å². The number of carbonyl (C=O) groups excluding carboxylic acids is 1. The van der Waals surface area contributed by atoms with Crippen LogP contribution < -0.4 is 10.5 Å². The Morgan fingerprint density at radius 2 is 1.71 bits per heavy atom. The number of hydrogen-bond donors (Lipinski definition) is 1. The normalized spacial score (nSPS) is 14.1. The lowest BCUT2D eigenvalue weighted by Gasteiger charge is -2.35. The highest BCUT2D eigenvalue weighted by atomic mass is 19.1. The van der Waals surface area contributed by atoms with Crippen LogP contribution in [0.4, 0.5) is 10.3 Å². The lowest BCUT2D eigenvalue weighted by Crippen LogP contribution is -2.49. The van der Waals surface area contributed by atoms with Crippen LogP contribution in [0.3, 0.4) is 0 Å². The first-order valence-electron chi connectivity index (χ1n) is 11.3. The summed E-state index contributed by atoms with van der Waals surface area (Å²) in [6.07, 6.45) is 1.70. The molecule has 1 aliphatic rings. The Balaban J connectivity index is 1.18. The Morgan fingerprint density at radius 3 is 2.51 bits per heavy atom. The molecule has 174 valence electrons. The minimum Gasteiger partial charge on any atom is -0.339 e. The molecule has 0 radical (unpaired) electrons. The van der Waals surface area contributed by atoms with Gasteiger partial charge in [0.15, 0.2) is 0 Å². The maximum Gasteiger partial charge on any atom is 0.260 e. The second-order valence-electron chi connectivity index (χ2n) is 8.49. The summed E-state index contributed by atoms with van der Waals surface area (Å²) in [6, 6.07) is 18.8. The first kappa shape index (κ1) is 21.0. The molecule has 0 saturated carbocycles. The molecule has 2 aromatic heterocycles. The van der Waals surface area contributed by atoms with Crippen LogP contribution in [-0.2, 0) is 0 Å². The molecule has 1 N–H and O–H groups in total. The summed E-state index contributed by atoms with van der Waals surface area (Å²) in [5.74, 6) is 0.164. The molecule has 3 aromatic carbocycles. The highest BCUT2D eigenvalue weighted by molar-refractivity contribution is 5.98. The van der Waals surface area contributed by atoms with Crippen molar-refractivity contribution in [2.45, 2.75) is 0 Å². The molecular weight excluding hydrogens is 447 g/mol. The van der Waals surface area contributed by atoms with Gasteiger partial charge in [0.2, 0.25) is 5.95 Å². The van der Waals surface area contributed by atoms with Gasteiger partial charge in [-0.25, -0.2) is 14.1 Å². The molecule has 6 rings (SSSR count). The highest BCUT2D eigenvalue weighted by Gasteiger charge is 2.24. The molecule has 5 aromatic rings.